The van der Waals surface area contributed by atoms with Crippen LogP contribution in [0.2, 0.25) is 0 Å². The van der Waals surface area contributed by atoms with Gasteiger partial charge < -0.3 is 15.9 Å². The van der Waals surface area contributed by atoms with Crippen LogP contribution in [0.5, 0.6) is 0 Å². The molecule has 0 atom stereocenters. The first-order valence-electron chi connectivity index (χ1n) is 5.57. The lowest BCUT2D eigenvalue weighted by Crippen LogP contribution is -2.21. The molecule has 4 N–H and O–H groups in total. The largest absolute Gasteiger partial charge is 0.490 e. The molecule has 0 amide bonds. The smallest absolute Gasteiger partial charge is 0.475 e. The van der Waals surface area contributed by atoms with Crippen molar-refractivity contribution in [3.8, 4) is 0 Å². The Hall–Kier alpha value is -2.64. The first-order chi connectivity index (χ1) is 11.2. The Balaban J connectivity index is 0.000000366. The number of thiazole rings is 1. The predicted molar refractivity (Wildman–Crippen MR) is 71.4 cm³/mol. The highest BCUT2D eigenvalue weighted by atomic mass is 32.1. The van der Waals surface area contributed by atoms with Crippen molar-refractivity contribution < 1.29 is 50.5 Å². The highest BCUT2D eigenvalue weighted by Gasteiger charge is 2.38. The van der Waals surface area contributed by atoms with Crippen molar-refractivity contribution in [2.75, 3.05) is 5.73 Å². The Morgan fingerprint density at radius 1 is 1.00 bits per heavy atom. The Kier molecular flexibility index (Phi) is 7.56. The normalized spacial score (nSPS) is 11.0. The lowest BCUT2D eigenvalue weighted by molar-refractivity contribution is -0.193. The third kappa shape index (κ3) is 8.14. The van der Waals surface area contributed by atoms with E-state index in [0.717, 1.165) is 0 Å². The van der Waals surface area contributed by atoms with E-state index in [0.29, 0.717) is 15.3 Å². The zero-order valence-corrected chi connectivity index (χ0v) is 12.3. The van der Waals surface area contributed by atoms with E-state index >= 15 is 0 Å². The van der Waals surface area contributed by atoms with Crippen molar-refractivity contribution in [2.45, 2.75) is 12.4 Å². The van der Waals surface area contributed by atoms with Crippen molar-refractivity contribution in [1.29, 1.82) is 0 Å². The number of nitrogen functional groups attached to an aromatic ring is 1. The van der Waals surface area contributed by atoms with Gasteiger partial charge in [-0.1, -0.05) is 17.4 Å². The van der Waals surface area contributed by atoms with E-state index in [-0.39, 0.29) is 5.82 Å². The fourth-order valence-electron chi connectivity index (χ4n) is 0.933. The summed E-state index contributed by atoms with van der Waals surface area (Å²) in [5.41, 5.74) is 6.03. The lowest BCUT2D eigenvalue weighted by Gasteiger charge is -1.93. The standard InChI is InChI=1S/C7H5FN2S.2C2HF3O2/c8-4-2-1-3-5-6(4)11-7(9)10-5;2*3-2(4,5)1(6)7/h1-3H,(H2,9,10);2*(H,6,7). The Morgan fingerprint density at radius 3 is 1.72 bits per heavy atom. The average molecular weight is 396 g/mol. The van der Waals surface area contributed by atoms with Gasteiger partial charge in [-0.05, 0) is 12.1 Å². The summed E-state index contributed by atoms with van der Waals surface area (Å²) in [5, 5.41) is 14.7. The van der Waals surface area contributed by atoms with Crippen molar-refractivity contribution >= 4 is 38.6 Å². The van der Waals surface area contributed by atoms with E-state index in [1.165, 1.54) is 17.4 Å². The van der Waals surface area contributed by atoms with Gasteiger partial charge in [-0.2, -0.15) is 26.3 Å². The number of carbonyl (C=O) groups is 2. The summed E-state index contributed by atoms with van der Waals surface area (Å²) < 4.78 is 76.9. The number of aromatic nitrogens is 1. The van der Waals surface area contributed by atoms with Gasteiger partial charge >= 0.3 is 24.3 Å². The van der Waals surface area contributed by atoms with Gasteiger partial charge in [-0.3, -0.25) is 0 Å². The Bertz CT molecular complexity index is 718. The van der Waals surface area contributed by atoms with E-state index in [9.17, 15) is 30.7 Å². The van der Waals surface area contributed by atoms with Gasteiger partial charge in [-0.25, -0.2) is 19.0 Å². The molecular formula is C11H7F7N2O4S. The second-order valence-corrected chi connectivity index (χ2v) is 4.78. The first-order valence-corrected chi connectivity index (χ1v) is 6.38. The topological polar surface area (TPSA) is 114 Å². The number of fused-ring (bicyclic) bond motifs is 1. The minimum absolute atomic E-state index is 0.253. The quantitative estimate of drug-likeness (QED) is 0.589. The van der Waals surface area contributed by atoms with E-state index < -0.39 is 24.3 Å². The number of carboxylic acids is 2. The fourth-order valence-corrected chi connectivity index (χ4v) is 1.67. The van der Waals surface area contributed by atoms with Gasteiger partial charge in [0.25, 0.3) is 0 Å². The maximum Gasteiger partial charge on any atom is 0.490 e. The third-order valence-corrected chi connectivity index (χ3v) is 2.78. The molecule has 25 heavy (non-hydrogen) atoms. The summed E-state index contributed by atoms with van der Waals surface area (Å²) in [5.74, 6) is -5.77. The van der Waals surface area contributed by atoms with Crippen LogP contribution in [0.4, 0.5) is 35.9 Å². The monoisotopic (exact) mass is 396 g/mol. The molecule has 0 aliphatic carbocycles. The van der Waals surface area contributed by atoms with E-state index in [2.05, 4.69) is 4.98 Å². The summed E-state index contributed by atoms with van der Waals surface area (Å²) in [6.45, 7) is 0. The highest BCUT2D eigenvalue weighted by molar-refractivity contribution is 7.22. The third-order valence-electron chi connectivity index (χ3n) is 1.87. The van der Waals surface area contributed by atoms with Crippen molar-refractivity contribution in [3.05, 3.63) is 24.0 Å². The van der Waals surface area contributed by atoms with Gasteiger partial charge in [0.2, 0.25) is 0 Å². The van der Waals surface area contributed by atoms with Crippen LogP contribution in [0.15, 0.2) is 18.2 Å². The summed E-state index contributed by atoms with van der Waals surface area (Å²) >= 11 is 1.17. The average Bonchev–Trinajstić information content (AvgIpc) is 2.80. The zero-order valence-electron chi connectivity index (χ0n) is 11.5. The van der Waals surface area contributed by atoms with Gasteiger partial charge in [0.15, 0.2) is 5.13 Å². The van der Waals surface area contributed by atoms with Crippen molar-refractivity contribution in [3.63, 3.8) is 0 Å². The number of hydrogen-bond donors (Lipinski definition) is 3. The molecule has 2 rings (SSSR count). The molecule has 0 radical (unpaired) electrons. The molecule has 0 aliphatic rings. The fraction of sp³-hybridized carbons (Fsp3) is 0.182. The van der Waals surface area contributed by atoms with Crippen LogP contribution in [0, 0.1) is 5.82 Å². The SMILES string of the molecule is Nc1nc2cccc(F)c2s1.O=C(O)C(F)(F)F.O=C(O)C(F)(F)F. The van der Waals surface area contributed by atoms with Crippen molar-refractivity contribution in [1.82, 2.24) is 4.98 Å². The highest BCUT2D eigenvalue weighted by Crippen LogP contribution is 2.25. The zero-order chi connectivity index (χ0) is 20.0. The molecule has 0 aliphatic heterocycles. The Labute approximate surface area is 137 Å². The lowest BCUT2D eigenvalue weighted by atomic mass is 10.3. The minimum Gasteiger partial charge on any atom is -0.475 e. The van der Waals surface area contributed by atoms with Crippen LogP contribution in [0.1, 0.15) is 0 Å². The van der Waals surface area contributed by atoms with Gasteiger partial charge in [-0.15, -0.1) is 0 Å². The number of carboxylic acid groups (broad SMARTS) is 2. The Morgan fingerprint density at radius 2 is 1.40 bits per heavy atom. The number of benzene rings is 1. The number of halogens is 7. The molecule has 2 aromatic rings. The summed E-state index contributed by atoms with van der Waals surface area (Å²) in [6.07, 6.45) is -10.2. The molecular weight excluding hydrogens is 389 g/mol. The molecule has 6 nitrogen and oxygen atoms in total. The molecule has 0 fully saturated rings. The van der Waals surface area contributed by atoms with E-state index in [1.54, 1.807) is 12.1 Å². The van der Waals surface area contributed by atoms with E-state index in [1.807, 2.05) is 0 Å². The second-order valence-electron chi connectivity index (χ2n) is 3.75. The molecule has 1 aromatic carbocycles. The minimum atomic E-state index is -5.08. The first kappa shape index (κ1) is 22.4. The van der Waals surface area contributed by atoms with Crippen LogP contribution >= 0.6 is 11.3 Å². The molecule has 0 saturated carbocycles. The molecule has 140 valence electrons. The van der Waals surface area contributed by atoms with Crippen LogP contribution in [0.25, 0.3) is 10.2 Å². The molecule has 0 unspecified atom stereocenters. The predicted octanol–water partition coefficient (Wildman–Crippen LogP) is 3.28. The van der Waals surface area contributed by atoms with Gasteiger partial charge in [0.1, 0.15) is 5.82 Å². The number of alkyl halides is 6. The molecule has 1 heterocycles. The molecule has 0 bridgehead atoms. The number of anilines is 1. The van der Waals surface area contributed by atoms with Gasteiger partial charge in [0, 0.05) is 0 Å². The summed E-state index contributed by atoms with van der Waals surface area (Å²) in [7, 11) is 0. The number of nitrogens with zero attached hydrogens (tertiary/aromatic N) is 1. The number of rotatable bonds is 0. The maximum absolute atomic E-state index is 12.9. The van der Waals surface area contributed by atoms with Crippen LogP contribution in [-0.2, 0) is 9.59 Å². The van der Waals surface area contributed by atoms with Crippen LogP contribution < -0.4 is 5.73 Å². The molecule has 0 spiro atoms. The van der Waals surface area contributed by atoms with Crippen LogP contribution in [-0.4, -0.2) is 39.5 Å². The van der Waals surface area contributed by atoms with Crippen molar-refractivity contribution in [2.24, 2.45) is 0 Å². The summed E-state index contributed by atoms with van der Waals surface area (Å²) in [6, 6.07) is 4.77. The molecule has 14 heteroatoms. The van der Waals surface area contributed by atoms with Crippen LogP contribution in [0.3, 0.4) is 0 Å². The van der Waals surface area contributed by atoms with E-state index in [4.69, 9.17) is 25.5 Å². The maximum atomic E-state index is 12.9. The number of aliphatic carboxylic acids is 2. The molecule has 1 aromatic heterocycles. The van der Waals surface area contributed by atoms with Gasteiger partial charge in [0.05, 0.1) is 10.2 Å². The second kappa shape index (κ2) is 8.46. The molecule has 0 saturated heterocycles. The number of nitrogens with two attached hydrogens (primary N) is 1. The number of hydrogen-bond acceptors (Lipinski definition) is 5. The summed E-state index contributed by atoms with van der Waals surface area (Å²) in [4.78, 5) is 21.7.